The van der Waals surface area contributed by atoms with Crippen LogP contribution < -0.4 is 5.32 Å². The lowest BCUT2D eigenvalue weighted by Crippen LogP contribution is -2.52. The number of amides is 1. The maximum Gasteiger partial charge on any atom is 0.417 e. The van der Waals surface area contributed by atoms with Crippen LogP contribution in [0.15, 0.2) is 52.9 Å². The van der Waals surface area contributed by atoms with E-state index in [1.165, 1.54) is 6.07 Å². The van der Waals surface area contributed by atoms with Gasteiger partial charge >= 0.3 is 6.18 Å². The normalized spacial score (nSPS) is 19.4. The lowest BCUT2D eigenvalue weighted by molar-refractivity contribution is -0.137. The van der Waals surface area contributed by atoms with Crippen molar-refractivity contribution in [2.75, 3.05) is 11.9 Å². The monoisotopic (exact) mass is 472 g/mol. The molecule has 34 heavy (non-hydrogen) atoms. The maximum atomic E-state index is 13.5. The Bertz CT molecular complexity index is 1090. The minimum absolute atomic E-state index is 0.190. The van der Waals surface area contributed by atoms with E-state index in [1.807, 2.05) is 20.8 Å². The number of halogens is 3. The molecule has 2 aromatic rings. The number of carbonyl (C=O) groups is 1. The van der Waals surface area contributed by atoms with E-state index >= 15 is 0 Å². The van der Waals surface area contributed by atoms with Gasteiger partial charge in [-0.25, -0.2) is 15.0 Å². The quantitative estimate of drug-likeness (QED) is 0.496. The number of amidine groups is 1. The predicted octanol–water partition coefficient (Wildman–Crippen LogP) is 4.89. The number of aryl methyl sites for hydroxylation is 1. The van der Waals surface area contributed by atoms with Crippen LogP contribution in [0, 0.1) is 6.92 Å². The standard InChI is InChI=1S/C24H27F3N6O/c1-5-10-29-22(28-4)18-12-15(2)13-31-21(18)23(34)33-11-6-7-19(16(33)3)32-20-9-8-17(14-30-20)24(25,26)27/h5,8-10,12-14,16,19H,4,6-7,11H2,1-3H3,(H,30,32)/b10-5-,29-22-/t16-,19+/m0/s1. The van der Waals surface area contributed by atoms with Crippen LogP contribution in [0.1, 0.15) is 53.9 Å². The molecule has 2 atom stereocenters. The zero-order chi connectivity index (χ0) is 24.9. The molecule has 10 heteroatoms. The Balaban J connectivity index is 1.84. The van der Waals surface area contributed by atoms with Crippen LogP contribution in [0.25, 0.3) is 0 Å². The highest BCUT2D eigenvalue weighted by molar-refractivity contribution is 6.10. The van der Waals surface area contributed by atoms with E-state index in [2.05, 4.69) is 32.0 Å². The molecule has 1 fully saturated rings. The highest BCUT2D eigenvalue weighted by Crippen LogP contribution is 2.29. The molecular formula is C24H27F3N6O. The van der Waals surface area contributed by atoms with E-state index in [4.69, 9.17) is 0 Å². The topological polar surface area (TPSA) is 82.8 Å². The average Bonchev–Trinajstić information content (AvgIpc) is 2.80. The first kappa shape index (κ1) is 25.1. The number of alkyl halides is 3. The number of hydrogen-bond acceptors (Lipinski definition) is 5. The Labute approximate surface area is 196 Å². The summed E-state index contributed by atoms with van der Waals surface area (Å²) in [7, 11) is 0. The molecule has 180 valence electrons. The second kappa shape index (κ2) is 10.6. The van der Waals surface area contributed by atoms with Crippen LogP contribution in [0.3, 0.4) is 0 Å². The second-order valence-electron chi connectivity index (χ2n) is 8.06. The van der Waals surface area contributed by atoms with Crippen molar-refractivity contribution in [3.8, 4) is 0 Å². The molecule has 1 saturated heterocycles. The van der Waals surface area contributed by atoms with Crippen LogP contribution in [0.4, 0.5) is 19.0 Å². The van der Waals surface area contributed by atoms with Gasteiger partial charge in [-0.3, -0.25) is 9.78 Å². The molecule has 3 rings (SSSR count). The average molecular weight is 473 g/mol. The molecule has 7 nitrogen and oxygen atoms in total. The number of hydrogen-bond donors (Lipinski definition) is 1. The lowest BCUT2D eigenvalue weighted by atomic mass is 9.96. The van der Waals surface area contributed by atoms with Crippen molar-refractivity contribution in [1.29, 1.82) is 0 Å². The van der Waals surface area contributed by atoms with E-state index < -0.39 is 11.7 Å². The summed E-state index contributed by atoms with van der Waals surface area (Å²) >= 11 is 0. The third kappa shape index (κ3) is 5.67. The minimum atomic E-state index is -4.44. The Morgan fingerprint density at radius 1 is 1.29 bits per heavy atom. The number of allylic oxidation sites excluding steroid dienone is 1. The fourth-order valence-electron chi connectivity index (χ4n) is 3.85. The number of carbonyl (C=O) groups excluding carboxylic acids is 1. The number of nitrogens with one attached hydrogen (secondary N) is 1. The van der Waals surface area contributed by atoms with Gasteiger partial charge < -0.3 is 10.2 Å². The molecule has 0 saturated carbocycles. The molecule has 1 amide bonds. The number of nitrogens with zero attached hydrogens (tertiary/aromatic N) is 5. The van der Waals surface area contributed by atoms with Crippen LogP contribution in [0.5, 0.6) is 0 Å². The third-order valence-corrected chi connectivity index (χ3v) is 5.64. The summed E-state index contributed by atoms with van der Waals surface area (Å²) in [5.41, 5.74) is 0.755. The molecule has 1 aliphatic heterocycles. The number of piperidine rings is 1. The molecule has 1 aliphatic rings. The van der Waals surface area contributed by atoms with Crippen LogP contribution >= 0.6 is 0 Å². The first-order valence-electron chi connectivity index (χ1n) is 10.9. The summed E-state index contributed by atoms with van der Waals surface area (Å²) in [6.07, 6.45) is 2.74. The van der Waals surface area contributed by atoms with Crippen molar-refractivity contribution in [2.24, 2.45) is 9.98 Å². The van der Waals surface area contributed by atoms with Gasteiger partial charge in [0.15, 0.2) is 5.84 Å². The SMILES string of the molecule is C=N/C(=N\C=C/C)c1cc(C)cnc1C(=O)N1CCC[C@@H](Nc2ccc(C(F)(F)F)cn2)[C@@H]1C. The first-order valence-corrected chi connectivity index (χ1v) is 10.9. The molecule has 0 unspecified atom stereocenters. The van der Waals surface area contributed by atoms with E-state index in [0.717, 1.165) is 30.7 Å². The van der Waals surface area contributed by atoms with Gasteiger partial charge in [-0.15, -0.1) is 0 Å². The zero-order valence-corrected chi connectivity index (χ0v) is 19.3. The molecule has 3 heterocycles. The van der Waals surface area contributed by atoms with Crippen molar-refractivity contribution in [3.63, 3.8) is 0 Å². The molecule has 0 aromatic carbocycles. The Morgan fingerprint density at radius 3 is 2.68 bits per heavy atom. The van der Waals surface area contributed by atoms with Gasteiger partial charge in [0.25, 0.3) is 5.91 Å². The van der Waals surface area contributed by atoms with Gasteiger partial charge in [0.05, 0.1) is 11.1 Å². The number of rotatable bonds is 5. The Kier molecular flexibility index (Phi) is 7.80. The molecular weight excluding hydrogens is 445 g/mol. The fourth-order valence-corrected chi connectivity index (χ4v) is 3.85. The van der Waals surface area contributed by atoms with Gasteiger partial charge in [-0.1, -0.05) is 6.08 Å². The number of anilines is 1. The van der Waals surface area contributed by atoms with Crippen molar-refractivity contribution in [3.05, 3.63) is 65.3 Å². The second-order valence-corrected chi connectivity index (χ2v) is 8.06. The Morgan fingerprint density at radius 2 is 2.06 bits per heavy atom. The molecule has 0 aliphatic carbocycles. The number of likely N-dealkylation sites (tertiary alicyclic amines) is 1. The first-order chi connectivity index (χ1) is 16.2. The van der Waals surface area contributed by atoms with Crippen molar-refractivity contribution >= 4 is 24.3 Å². The van der Waals surface area contributed by atoms with Gasteiger partial charge in [0, 0.05) is 37.2 Å². The lowest BCUT2D eigenvalue weighted by Gasteiger charge is -2.40. The van der Waals surface area contributed by atoms with E-state index in [9.17, 15) is 18.0 Å². The van der Waals surface area contributed by atoms with Gasteiger partial charge in [0.1, 0.15) is 11.5 Å². The van der Waals surface area contributed by atoms with Gasteiger partial charge in [0.2, 0.25) is 0 Å². The van der Waals surface area contributed by atoms with Crippen molar-refractivity contribution in [1.82, 2.24) is 14.9 Å². The van der Waals surface area contributed by atoms with Crippen molar-refractivity contribution in [2.45, 2.75) is 51.9 Å². The summed E-state index contributed by atoms with van der Waals surface area (Å²) in [5, 5.41) is 3.18. The molecule has 0 spiro atoms. The molecule has 0 bridgehead atoms. The number of aliphatic imine (C=N–C) groups is 2. The smallest absolute Gasteiger partial charge is 0.365 e. The van der Waals surface area contributed by atoms with Crippen LogP contribution in [-0.4, -0.2) is 52.0 Å². The van der Waals surface area contributed by atoms with E-state index in [-0.39, 0.29) is 23.7 Å². The zero-order valence-electron chi connectivity index (χ0n) is 19.3. The summed E-state index contributed by atoms with van der Waals surface area (Å²) in [6, 6.07) is 3.64. The van der Waals surface area contributed by atoms with Crippen LogP contribution in [0.2, 0.25) is 0 Å². The maximum absolute atomic E-state index is 13.5. The van der Waals surface area contributed by atoms with E-state index in [1.54, 1.807) is 29.4 Å². The fraction of sp³-hybridized carbons (Fsp3) is 0.375. The van der Waals surface area contributed by atoms with Gasteiger partial charge in [-0.05, 0) is 64.1 Å². The van der Waals surface area contributed by atoms with E-state index in [0.29, 0.717) is 23.8 Å². The Hall–Kier alpha value is -3.56. The third-order valence-electron chi connectivity index (χ3n) is 5.64. The van der Waals surface area contributed by atoms with Gasteiger partial charge in [-0.2, -0.15) is 13.2 Å². The number of pyridine rings is 2. The summed E-state index contributed by atoms with van der Waals surface area (Å²) in [4.78, 5) is 31.8. The summed E-state index contributed by atoms with van der Waals surface area (Å²) in [5.74, 6) is 0.349. The molecule has 1 N–H and O–H groups in total. The number of aromatic nitrogens is 2. The largest absolute Gasteiger partial charge is 0.417 e. The highest BCUT2D eigenvalue weighted by Gasteiger charge is 2.34. The molecule has 2 aromatic heterocycles. The summed E-state index contributed by atoms with van der Waals surface area (Å²) < 4.78 is 38.5. The van der Waals surface area contributed by atoms with Crippen molar-refractivity contribution < 1.29 is 18.0 Å². The predicted molar refractivity (Wildman–Crippen MR) is 126 cm³/mol. The summed E-state index contributed by atoms with van der Waals surface area (Å²) in [6.45, 7) is 9.67. The highest BCUT2D eigenvalue weighted by atomic mass is 19.4. The van der Waals surface area contributed by atoms with Crippen LogP contribution in [-0.2, 0) is 6.18 Å². The molecule has 0 radical (unpaired) electrons. The minimum Gasteiger partial charge on any atom is -0.365 e.